The Hall–Kier alpha value is -0.370. The Morgan fingerprint density at radius 2 is 1.94 bits per heavy atom. The Morgan fingerprint density at radius 1 is 1.31 bits per heavy atom. The second-order valence-electron chi connectivity index (χ2n) is 5.55. The minimum Gasteiger partial charge on any atom is -0.330 e. The molecule has 2 heteroatoms. The van der Waals surface area contributed by atoms with Crippen LogP contribution in [0.1, 0.15) is 52.9 Å². The van der Waals surface area contributed by atoms with E-state index in [2.05, 4.69) is 20.8 Å². The molecule has 0 aromatic carbocycles. The Bertz CT molecular complexity index is 225. The van der Waals surface area contributed by atoms with Gasteiger partial charge < -0.3 is 5.73 Å². The molecule has 3 unspecified atom stereocenters. The maximum Gasteiger partial charge on any atom is 0.140 e. The Morgan fingerprint density at radius 3 is 2.44 bits per heavy atom. The van der Waals surface area contributed by atoms with Gasteiger partial charge in [0, 0.05) is 18.4 Å². The molecule has 1 rings (SSSR count). The predicted molar refractivity (Wildman–Crippen MR) is 68.1 cm³/mol. The number of nitrogens with two attached hydrogens (primary N) is 1. The lowest BCUT2D eigenvalue weighted by Gasteiger charge is -2.33. The summed E-state index contributed by atoms with van der Waals surface area (Å²) in [4.78, 5) is 12.5. The quantitative estimate of drug-likeness (QED) is 0.781. The molecule has 1 aliphatic rings. The van der Waals surface area contributed by atoms with Gasteiger partial charge in [-0.1, -0.05) is 40.0 Å². The van der Waals surface area contributed by atoms with E-state index < -0.39 is 0 Å². The molecule has 0 amide bonds. The van der Waals surface area contributed by atoms with Crippen molar-refractivity contribution >= 4 is 5.78 Å². The molecule has 0 heterocycles. The van der Waals surface area contributed by atoms with Crippen LogP contribution in [0.5, 0.6) is 0 Å². The number of hydrogen-bond donors (Lipinski definition) is 1. The van der Waals surface area contributed by atoms with Crippen LogP contribution in [0.2, 0.25) is 0 Å². The molecule has 0 spiro atoms. The van der Waals surface area contributed by atoms with Crippen molar-refractivity contribution in [3.05, 3.63) is 0 Å². The molecule has 0 aliphatic heterocycles. The molecule has 0 bridgehead atoms. The Labute approximate surface area is 100.0 Å². The summed E-state index contributed by atoms with van der Waals surface area (Å²) in [5.74, 6) is 1.84. The van der Waals surface area contributed by atoms with Gasteiger partial charge in [0.1, 0.15) is 5.78 Å². The first-order valence-electron chi connectivity index (χ1n) is 6.85. The fourth-order valence-corrected chi connectivity index (χ4v) is 3.06. The number of rotatable bonds is 5. The third-order valence-electron chi connectivity index (χ3n) is 4.22. The molecule has 1 aliphatic carbocycles. The third kappa shape index (κ3) is 3.07. The Balaban J connectivity index is 2.69. The average molecular weight is 225 g/mol. The van der Waals surface area contributed by atoms with Gasteiger partial charge in [0.25, 0.3) is 0 Å². The van der Waals surface area contributed by atoms with Crippen LogP contribution in [0, 0.1) is 23.7 Å². The lowest BCUT2D eigenvalue weighted by atomic mass is 9.71. The molecule has 94 valence electrons. The van der Waals surface area contributed by atoms with E-state index in [4.69, 9.17) is 5.73 Å². The molecule has 0 aromatic rings. The zero-order valence-corrected chi connectivity index (χ0v) is 11.0. The van der Waals surface area contributed by atoms with Crippen molar-refractivity contribution in [1.29, 1.82) is 0 Å². The summed E-state index contributed by atoms with van der Waals surface area (Å²) in [6.07, 6.45) is 6.01. The van der Waals surface area contributed by atoms with Crippen LogP contribution in [-0.2, 0) is 4.79 Å². The number of carbonyl (C=O) groups excluding carboxylic acids is 1. The number of Topliss-reactive ketones (excluding diaryl/α,β-unsaturated/α-hetero) is 1. The molecular weight excluding hydrogens is 198 g/mol. The van der Waals surface area contributed by atoms with E-state index in [1.54, 1.807) is 0 Å². The van der Waals surface area contributed by atoms with Gasteiger partial charge in [0.15, 0.2) is 0 Å². The summed E-state index contributed by atoms with van der Waals surface area (Å²) in [5, 5.41) is 0. The van der Waals surface area contributed by atoms with Gasteiger partial charge in [0.05, 0.1) is 0 Å². The van der Waals surface area contributed by atoms with Crippen LogP contribution in [0.15, 0.2) is 0 Å². The maximum atomic E-state index is 12.5. The highest BCUT2D eigenvalue weighted by Crippen LogP contribution is 2.35. The number of ketones is 1. The van der Waals surface area contributed by atoms with Crippen molar-refractivity contribution in [3.8, 4) is 0 Å². The first-order valence-corrected chi connectivity index (χ1v) is 6.85. The van der Waals surface area contributed by atoms with Crippen molar-refractivity contribution in [2.75, 3.05) is 6.54 Å². The van der Waals surface area contributed by atoms with Crippen LogP contribution in [0.4, 0.5) is 0 Å². The summed E-state index contributed by atoms with van der Waals surface area (Å²) >= 11 is 0. The average Bonchev–Trinajstić information content (AvgIpc) is 2.29. The summed E-state index contributed by atoms with van der Waals surface area (Å²) in [7, 11) is 0. The minimum absolute atomic E-state index is 0.0807. The maximum absolute atomic E-state index is 12.5. The van der Waals surface area contributed by atoms with Crippen molar-refractivity contribution in [2.45, 2.75) is 52.9 Å². The number of hydrogen-bond acceptors (Lipinski definition) is 2. The molecular formula is C14H27NO. The second kappa shape index (κ2) is 6.39. The zero-order chi connectivity index (χ0) is 12.1. The van der Waals surface area contributed by atoms with Crippen LogP contribution in [-0.4, -0.2) is 12.3 Å². The fraction of sp³-hybridized carbons (Fsp3) is 0.929. The van der Waals surface area contributed by atoms with E-state index in [0.29, 0.717) is 30.1 Å². The SMILES string of the molecule is CCC1CCCCC1C(=O)C(CN)C(C)C. The van der Waals surface area contributed by atoms with Gasteiger partial charge in [-0.2, -0.15) is 0 Å². The highest BCUT2D eigenvalue weighted by atomic mass is 16.1. The number of carbonyl (C=O) groups is 1. The van der Waals surface area contributed by atoms with E-state index >= 15 is 0 Å². The van der Waals surface area contributed by atoms with Crippen LogP contribution in [0.25, 0.3) is 0 Å². The van der Waals surface area contributed by atoms with Crippen LogP contribution < -0.4 is 5.73 Å². The highest BCUT2D eigenvalue weighted by Gasteiger charge is 2.34. The van der Waals surface area contributed by atoms with Gasteiger partial charge in [-0.05, 0) is 24.7 Å². The standard InChI is InChI=1S/C14H27NO/c1-4-11-7-5-6-8-12(11)14(16)13(9-15)10(2)3/h10-13H,4-9,15H2,1-3H3. The third-order valence-corrected chi connectivity index (χ3v) is 4.22. The van der Waals surface area contributed by atoms with Crippen molar-refractivity contribution in [2.24, 2.45) is 29.4 Å². The molecule has 0 aromatic heterocycles. The molecule has 0 saturated heterocycles. The van der Waals surface area contributed by atoms with Crippen molar-refractivity contribution < 1.29 is 4.79 Å². The van der Waals surface area contributed by atoms with Crippen LogP contribution in [0.3, 0.4) is 0 Å². The summed E-state index contributed by atoms with van der Waals surface area (Å²) < 4.78 is 0. The normalized spacial score (nSPS) is 28.1. The van der Waals surface area contributed by atoms with E-state index in [1.165, 1.54) is 19.3 Å². The molecule has 0 radical (unpaired) electrons. The summed E-state index contributed by atoms with van der Waals surface area (Å²) in [5.41, 5.74) is 5.75. The van der Waals surface area contributed by atoms with E-state index in [1.807, 2.05) is 0 Å². The summed E-state index contributed by atoms with van der Waals surface area (Å²) in [6, 6.07) is 0. The first kappa shape index (κ1) is 13.7. The van der Waals surface area contributed by atoms with Crippen molar-refractivity contribution in [3.63, 3.8) is 0 Å². The van der Waals surface area contributed by atoms with Gasteiger partial charge in [-0.15, -0.1) is 0 Å². The summed E-state index contributed by atoms with van der Waals surface area (Å²) in [6.45, 7) is 6.95. The smallest absolute Gasteiger partial charge is 0.140 e. The first-order chi connectivity index (χ1) is 7.61. The fourth-order valence-electron chi connectivity index (χ4n) is 3.06. The van der Waals surface area contributed by atoms with Gasteiger partial charge in [-0.25, -0.2) is 0 Å². The monoisotopic (exact) mass is 225 g/mol. The molecule has 1 fully saturated rings. The molecule has 2 nitrogen and oxygen atoms in total. The lowest BCUT2D eigenvalue weighted by molar-refractivity contribution is -0.130. The zero-order valence-electron chi connectivity index (χ0n) is 11.0. The Kier molecular flexibility index (Phi) is 5.47. The lowest BCUT2D eigenvalue weighted by Crippen LogP contribution is -2.37. The van der Waals surface area contributed by atoms with Gasteiger partial charge in [0.2, 0.25) is 0 Å². The van der Waals surface area contributed by atoms with E-state index in [0.717, 1.165) is 12.8 Å². The molecule has 2 N–H and O–H groups in total. The molecule has 1 saturated carbocycles. The van der Waals surface area contributed by atoms with Gasteiger partial charge >= 0.3 is 0 Å². The highest BCUT2D eigenvalue weighted by molar-refractivity contribution is 5.84. The molecule has 16 heavy (non-hydrogen) atoms. The topological polar surface area (TPSA) is 43.1 Å². The minimum atomic E-state index is 0.0807. The van der Waals surface area contributed by atoms with E-state index in [-0.39, 0.29) is 5.92 Å². The van der Waals surface area contributed by atoms with Crippen molar-refractivity contribution in [1.82, 2.24) is 0 Å². The molecule has 3 atom stereocenters. The van der Waals surface area contributed by atoms with E-state index in [9.17, 15) is 4.79 Å². The predicted octanol–water partition coefficient (Wildman–Crippen LogP) is 3.00. The van der Waals surface area contributed by atoms with Gasteiger partial charge in [-0.3, -0.25) is 4.79 Å². The van der Waals surface area contributed by atoms with Crippen LogP contribution >= 0.6 is 0 Å². The second-order valence-corrected chi connectivity index (χ2v) is 5.55. The largest absolute Gasteiger partial charge is 0.330 e.